The Labute approximate surface area is 94.9 Å². The molecule has 1 aromatic carbocycles. The second-order valence-electron chi connectivity index (χ2n) is 3.05. The third kappa shape index (κ3) is 8.39. The normalized spacial score (nSPS) is 9.73. The highest BCUT2D eigenvalue weighted by atomic mass is 35.5. The summed E-state index contributed by atoms with van der Waals surface area (Å²) < 4.78 is 0. The fraction of sp³-hybridized carbons (Fsp3) is 0.455. The number of halogens is 1. The van der Waals surface area contributed by atoms with Crippen molar-refractivity contribution < 1.29 is 15.3 Å². The van der Waals surface area contributed by atoms with Gasteiger partial charge in [0.15, 0.2) is 0 Å². The van der Waals surface area contributed by atoms with Crippen LogP contribution in [0.3, 0.4) is 0 Å². The first kappa shape index (κ1) is 14.4. The molecule has 0 bridgehead atoms. The molecule has 0 aromatic heterocycles. The minimum atomic E-state index is -1.17. The number of aliphatic hydroxyl groups is 3. The molecule has 3 N–H and O–H groups in total. The molecule has 86 valence electrons. The Hall–Kier alpha value is -0.610. The SMILES string of the molecule is CC(O)O.OCCCc1ccccc1Cl. The van der Waals surface area contributed by atoms with Gasteiger partial charge < -0.3 is 15.3 Å². The molecule has 0 heterocycles. The summed E-state index contributed by atoms with van der Waals surface area (Å²) >= 11 is 5.88. The van der Waals surface area contributed by atoms with Gasteiger partial charge in [-0.3, -0.25) is 0 Å². The van der Waals surface area contributed by atoms with E-state index in [-0.39, 0.29) is 6.61 Å². The molecule has 3 nitrogen and oxygen atoms in total. The lowest BCUT2D eigenvalue weighted by Gasteiger charge is -2.00. The molecule has 1 aromatic rings. The van der Waals surface area contributed by atoms with Crippen LogP contribution in [0.1, 0.15) is 18.9 Å². The van der Waals surface area contributed by atoms with Crippen LogP contribution < -0.4 is 0 Å². The van der Waals surface area contributed by atoms with Crippen molar-refractivity contribution in [2.75, 3.05) is 6.61 Å². The summed E-state index contributed by atoms with van der Waals surface area (Å²) in [5, 5.41) is 24.6. The molecule has 0 aliphatic rings. The minimum absolute atomic E-state index is 0.227. The first-order valence-electron chi connectivity index (χ1n) is 4.78. The fourth-order valence-corrected chi connectivity index (χ4v) is 1.20. The Bertz CT molecular complexity index is 261. The third-order valence-electron chi connectivity index (χ3n) is 1.56. The van der Waals surface area contributed by atoms with Gasteiger partial charge in [0.25, 0.3) is 0 Å². The van der Waals surface area contributed by atoms with E-state index in [0.29, 0.717) is 0 Å². The zero-order chi connectivity index (χ0) is 11.7. The molecule has 1 rings (SSSR count). The second kappa shape index (κ2) is 8.68. The largest absolute Gasteiger partial charge is 0.396 e. The number of hydrogen-bond donors (Lipinski definition) is 3. The van der Waals surface area contributed by atoms with E-state index < -0.39 is 6.29 Å². The van der Waals surface area contributed by atoms with Crippen LogP contribution in [0.25, 0.3) is 0 Å². The van der Waals surface area contributed by atoms with E-state index in [2.05, 4.69) is 0 Å². The van der Waals surface area contributed by atoms with Crippen LogP contribution in [0.5, 0.6) is 0 Å². The number of benzene rings is 1. The standard InChI is InChI=1S/C9H11ClO.C2H6O2/c10-9-6-2-1-4-8(9)5-3-7-11;1-2(3)4/h1-2,4,6,11H,3,5,7H2;2-4H,1H3. The van der Waals surface area contributed by atoms with E-state index in [1.807, 2.05) is 24.3 Å². The lowest BCUT2D eigenvalue weighted by atomic mass is 10.1. The Morgan fingerprint density at radius 1 is 1.27 bits per heavy atom. The maximum atomic E-state index is 8.58. The zero-order valence-electron chi connectivity index (χ0n) is 8.73. The molecule has 0 saturated carbocycles. The van der Waals surface area contributed by atoms with Crippen LogP contribution in [0.15, 0.2) is 24.3 Å². The fourth-order valence-electron chi connectivity index (χ4n) is 0.971. The van der Waals surface area contributed by atoms with Gasteiger partial charge in [-0.05, 0) is 31.4 Å². The molecule has 0 radical (unpaired) electrons. The second-order valence-corrected chi connectivity index (χ2v) is 3.46. The van der Waals surface area contributed by atoms with Crippen molar-refractivity contribution in [1.82, 2.24) is 0 Å². The summed E-state index contributed by atoms with van der Waals surface area (Å²) in [6, 6.07) is 7.72. The van der Waals surface area contributed by atoms with Crippen LogP contribution in [-0.4, -0.2) is 28.2 Å². The smallest absolute Gasteiger partial charge is 0.148 e. The Morgan fingerprint density at radius 2 is 1.80 bits per heavy atom. The van der Waals surface area contributed by atoms with E-state index in [4.69, 9.17) is 26.9 Å². The van der Waals surface area contributed by atoms with Crippen LogP contribution in [0.4, 0.5) is 0 Å². The predicted octanol–water partition coefficient (Wildman–Crippen LogP) is 1.58. The lowest BCUT2D eigenvalue weighted by molar-refractivity contribution is -0.0228. The zero-order valence-corrected chi connectivity index (χ0v) is 9.48. The summed E-state index contributed by atoms with van der Waals surface area (Å²) in [6.07, 6.45) is 0.472. The van der Waals surface area contributed by atoms with Gasteiger partial charge >= 0.3 is 0 Å². The highest BCUT2D eigenvalue weighted by Gasteiger charge is 1.96. The van der Waals surface area contributed by atoms with Crippen molar-refractivity contribution >= 4 is 11.6 Å². The van der Waals surface area contributed by atoms with Gasteiger partial charge in [-0.15, -0.1) is 0 Å². The van der Waals surface area contributed by atoms with Gasteiger partial charge in [0, 0.05) is 11.6 Å². The van der Waals surface area contributed by atoms with Gasteiger partial charge in [0.05, 0.1) is 0 Å². The number of rotatable bonds is 3. The predicted molar refractivity (Wildman–Crippen MR) is 60.8 cm³/mol. The number of aryl methyl sites for hydroxylation is 1. The molecule has 0 amide bonds. The molecule has 15 heavy (non-hydrogen) atoms. The highest BCUT2D eigenvalue weighted by Crippen LogP contribution is 2.15. The maximum Gasteiger partial charge on any atom is 0.148 e. The van der Waals surface area contributed by atoms with Crippen molar-refractivity contribution in [3.05, 3.63) is 34.9 Å². The first-order chi connectivity index (χ1) is 7.07. The molecular weight excluding hydrogens is 216 g/mol. The molecule has 0 saturated heterocycles. The highest BCUT2D eigenvalue weighted by molar-refractivity contribution is 6.31. The summed E-state index contributed by atoms with van der Waals surface area (Å²) in [5.41, 5.74) is 1.11. The van der Waals surface area contributed by atoms with Gasteiger partial charge in [-0.25, -0.2) is 0 Å². The first-order valence-corrected chi connectivity index (χ1v) is 5.16. The van der Waals surface area contributed by atoms with Crippen LogP contribution in [0, 0.1) is 0 Å². The minimum Gasteiger partial charge on any atom is -0.396 e. The molecule has 0 aliphatic heterocycles. The average molecular weight is 233 g/mol. The average Bonchev–Trinajstić information content (AvgIpc) is 2.16. The molecule has 0 fully saturated rings. The monoisotopic (exact) mass is 232 g/mol. The Morgan fingerprint density at radius 3 is 2.27 bits per heavy atom. The van der Waals surface area contributed by atoms with Crippen molar-refractivity contribution in [3.63, 3.8) is 0 Å². The molecule has 0 aliphatic carbocycles. The molecular formula is C11H17ClO3. The van der Waals surface area contributed by atoms with Crippen LogP contribution >= 0.6 is 11.6 Å². The summed E-state index contributed by atoms with van der Waals surface area (Å²) in [5.74, 6) is 0. The van der Waals surface area contributed by atoms with Crippen molar-refractivity contribution in [3.8, 4) is 0 Å². The maximum absolute atomic E-state index is 8.58. The van der Waals surface area contributed by atoms with Gasteiger partial charge in [-0.1, -0.05) is 29.8 Å². The summed E-state index contributed by atoms with van der Waals surface area (Å²) in [6.45, 7) is 1.51. The van der Waals surface area contributed by atoms with Gasteiger partial charge in [-0.2, -0.15) is 0 Å². The van der Waals surface area contributed by atoms with Crippen molar-refractivity contribution in [1.29, 1.82) is 0 Å². The third-order valence-corrected chi connectivity index (χ3v) is 1.93. The number of hydrogen-bond acceptors (Lipinski definition) is 3. The van der Waals surface area contributed by atoms with E-state index in [1.54, 1.807) is 0 Å². The molecule has 0 atom stereocenters. The summed E-state index contributed by atoms with van der Waals surface area (Å²) in [7, 11) is 0. The van der Waals surface area contributed by atoms with Crippen molar-refractivity contribution in [2.45, 2.75) is 26.1 Å². The molecule has 0 spiro atoms. The quantitative estimate of drug-likeness (QED) is 0.694. The molecule has 4 heteroatoms. The number of aliphatic hydroxyl groups excluding tert-OH is 2. The topological polar surface area (TPSA) is 60.7 Å². The Kier molecular flexibility index (Phi) is 8.33. The van der Waals surface area contributed by atoms with E-state index >= 15 is 0 Å². The van der Waals surface area contributed by atoms with E-state index in [1.165, 1.54) is 6.92 Å². The van der Waals surface area contributed by atoms with E-state index in [0.717, 1.165) is 23.4 Å². The van der Waals surface area contributed by atoms with Gasteiger partial charge in [0.1, 0.15) is 6.29 Å². The lowest BCUT2D eigenvalue weighted by Crippen LogP contribution is -1.92. The van der Waals surface area contributed by atoms with Crippen molar-refractivity contribution in [2.24, 2.45) is 0 Å². The van der Waals surface area contributed by atoms with Crippen LogP contribution in [-0.2, 0) is 6.42 Å². The Balaban J connectivity index is 0.000000423. The summed E-state index contributed by atoms with van der Waals surface area (Å²) in [4.78, 5) is 0. The van der Waals surface area contributed by atoms with Crippen LogP contribution in [0.2, 0.25) is 5.02 Å². The van der Waals surface area contributed by atoms with Gasteiger partial charge in [0.2, 0.25) is 0 Å². The molecule has 0 unspecified atom stereocenters. The van der Waals surface area contributed by atoms with E-state index in [9.17, 15) is 0 Å².